The average Bonchev–Trinajstić information content (AvgIpc) is 3.04. The number of aryl methyl sites for hydroxylation is 1. The van der Waals surface area contributed by atoms with Crippen LogP contribution in [0.4, 0.5) is 0 Å². The molecule has 0 aromatic heterocycles. The van der Waals surface area contributed by atoms with Crippen molar-refractivity contribution in [1.82, 2.24) is 0 Å². The monoisotopic (exact) mass is 220 g/mol. The van der Waals surface area contributed by atoms with Crippen LogP contribution in [0.1, 0.15) is 43.4 Å². The maximum atomic E-state index is 9.67. The second kappa shape index (κ2) is 4.88. The standard InChI is InChI=1S/C14H20O2/c1-10-3-6-14(13(9-10)11(2)15)16-8-7-12-4-5-12/h3,6,9,11-12,15H,4-5,7-8H2,1-2H3/t11-/m1/s1. The minimum atomic E-state index is -0.462. The van der Waals surface area contributed by atoms with Crippen LogP contribution in [0.15, 0.2) is 18.2 Å². The summed E-state index contributed by atoms with van der Waals surface area (Å²) >= 11 is 0. The quantitative estimate of drug-likeness (QED) is 0.825. The van der Waals surface area contributed by atoms with Gasteiger partial charge in [-0.15, -0.1) is 0 Å². The van der Waals surface area contributed by atoms with Crippen LogP contribution in [0.25, 0.3) is 0 Å². The fourth-order valence-corrected chi connectivity index (χ4v) is 1.87. The van der Waals surface area contributed by atoms with Crippen molar-refractivity contribution >= 4 is 0 Å². The van der Waals surface area contributed by atoms with Gasteiger partial charge < -0.3 is 9.84 Å². The van der Waals surface area contributed by atoms with E-state index in [0.717, 1.165) is 35.8 Å². The first kappa shape index (κ1) is 11.5. The van der Waals surface area contributed by atoms with Crippen molar-refractivity contribution in [2.75, 3.05) is 6.61 Å². The van der Waals surface area contributed by atoms with Crippen LogP contribution in [-0.4, -0.2) is 11.7 Å². The van der Waals surface area contributed by atoms with Gasteiger partial charge in [-0.2, -0.15) is 0 Å². The summed E-state index contributed by atoms with van der Waals surface area (Å²) in [5.74, 6) is 1.72. The maximum Gasteiger partial charge on any atom is 0.125 e. The number of benzene rings is 1. The smallest absolute Gasteiger partial charge is 0.125 e. The van der Waals surface area contributed by atoms with Gasteiger partial charge in [0.2, 0.25) is 0 Å². The van der Waals surface area contributed by atoms with E-state index in [1.807, 2.05) is 25.1 Å². The Morgan fingerprint density at radius 1 is 1.44 bits per heavy atom. The van der Waals surface area contributed by atoms with Crippen molar-refractivity contribution in [3.05, 3.63) is 29.3 Å². The summed E-state index contributed by atoms with van der Waals surface area (Å²) in [5.41, 5.74) is 2.06. The van der Waals surface area contributed by atoms with Gasteiger partial charge in [0.05, 0.1) is 12.7 Å². The van der Waals surface area contributed by atoms with E-state index in [-0.39, 0.29) is 0 Å². The fourth-order valence-electron chi connectivity index (χ4n) is 1.87. The first-order chi connectivity index (χ1) is 7.66. The van der Waals surface area contributed by atoms with Gasteiger partial charge in [0.25, 0.3) is 0 Å². The molecule has 0 heterocycles. The second-order valence-electron chi connectivity index (χ2n) is 4.80. The first-order valence-electron chi connectivity index (χ1n) is 6.08. The summed E-state index contributed by atoms with van der Waals surface area (Å²) in [6, 6.07) is 5.99. The second-order valence-corrected chi connectivity index (χ2v) is 4.80. The number of aliphatic hydroxyl groups is 1. The van der Waals surface area contributed by atoms with Gasteiger partial charge in [0.15, 0.2) is 0 Å². The van der Waals surface area contributed by atoms with E-state index < -0.39 is 6.10 Å². The molecule has 88 valence electrons. The zero-order valence-corrected chi connectivity index (χ0v) is 10.1. The van der Waals surface area contributed by atoms with Crippen LogP contribution in [0, 0.1) is 12.8 Å². The molecule has 1 aliphatic carbocycles. The van der Waals surface area contributed by atoms with Crippen LogP contribution >= 0.6 is 0 Å². The van der Waals surface area contributed by atoms with E-state index in [1.54, 1.807) is 6.92 Å². The summed E-state index contributed by atoms with van der Waals surface area (Å²) < 4.78 is 5.74. The van der Waals surface area contributed by atoms with Crippen molar-refractivity contribution in [3.63, 3.8) is 0 Å². The largest absolute Gasteiger partial charge is 0.493 e. The lowest BCUT2D eigenvalue weighted by Crippen LogP contribution is -2.03. The Labute approximate surface area is 97.3 Å². The molecule has 0 unspecified atom stereocenters. The summed E-state index contributed by atoms with van der Waals surface area (Å²) in [6.45, 7) is 4.58. The highest BCUT2D eigenvalue weighted by atomic mass is 16.5. The maximum absolute atomic E-state index is 9.67. The molecule has 0 radical (unpaired) electrons. The van der Waals surface area contributed by atoms with Crippen molar-refractivity contribution in [3.8, 4) is 5.75 Å². The van der Waals surface area contributed by atoms with Gasteiger partial charge >= 0.3 is 0 Å². The highest BCUT2D eigenvalue weighted by Gasteiger charge is 2.21. The molecular weight excluding hydrogens is 200 g/mol. The van der Waals surface area contributed by atoms with Crippen molar-refractivity contribution in [1.29, 1.82) is 0 Å². The Bertz CT molecular complexity index is 354. The Hall–Kier alpha value is -1.02. The van der Waals surface area contributed by atoms with Crippen LogP contribution < -0.4 is 4.74 Å². The number of rotatable bonds is 5. The lowest BCUT2D eigenvalue weighted by atomic mass is 10.1. The first-order valence-corrected chi connectivity index (χ1v) is 6.08. The number of ether oxygens (including phenoxy) is 1. The minimum Gasteiger partial charge on any atom is -0.493 e. The Balaban J connectivity index is 1.99. The van der Waals surface area contributed by atoms with Crippen LogP contribution in [0.2, 0.25) is 0 Å². The SMILES string of the molecule is Cc1ccc(OCCC2CC2)c([C@@H](C)O)c1. The van der Waals surface area contributed by atoms with Gasteiger partial charge in [0, 0.05) is 5.56 Å². The molecule has 1 atom stereocenters. The van der Waals surface area contributed by atoms with Gasteiger partial charge in [-0.25, -0.2) is 0 Å². The average molecular weight is 220 g/mol. The van der Waals surface area contributed by atoms with Gasteiger partial charge in [-0.1, -0.05) is 24.5 Å². The van der Waals surface area contributed by atoms with E-state index in [1.165, 1.54) is 12.8 Å². The zero-order valence-electron chi connectivity index (χ0n) is 10.1. The minimum absolute atomic E-state index is 0.462. The third kappa shape index (κ3) is 2.99. The predicted octanol–water partition coefficient (Wildman–Crippen LogP) is 3.23. The van der Waals surface area contributed by atoms with Gasteiger partial charge in [-0.05, 0) is 38.3 Å². The van der Waals surface area contributed by atoms with Gasteiger partial charge in [-0.3, -0.25) is 0 Å². The Morgan fingerprint density at radius 3 is 2.81 bits per heavy atom. The van der Waals surface area contributed by atoms with E-state index in [2.05, 4.69) is 0 Å². The zero-order chi connectivity index (χ0) is 11.5. The molecule has 2 heteroatoms. The number of aliphatic hydroxyl groups excluding tert-OH is 1. The van der Waals surface area contributed by atoms with Crippen LogP contribution in [-0.2, 0) is 0 Å². The molecule has 0 amide bonds. The van der Waals surface area contributed by atoms with Crippen molar-refractivity contribution < 1.29 is 9.84 Å². The summed E-state index contributed by atoms with van der Waals surface area (Å²) in [6.07, 6.45) is 3.41. The molecule has 2 rings (SSSR count). The molecule has 1 aliphatic rings. The molecule has 16 heavy (non-hydrogen) atoms. The third-order valence-electron chi connectivity index (χ3n) is 3.10. The highest BCUT2D eigenvalue weighted by molar-refractivity contribution is 5.38. The molecule has 0 bridgehead atoms. The predicted molar refractivity (Wildman–Crippen MR) is 64.6 cm³/mol. The Morgan fingerprint density at radius 2 is 2.19 bits per heavy atom. The third-order valence-corrected chi connectivity index (χ3v) is 3.10. The molecule has 0 spiro atoms. The Kier molecular flexibility index (Phi) is 3.49. The lowest BCUT2D eigenvalue weighted by Gasteiger charge is -2.14. The fraction of sp³-hybridized carbons (Fsp3) is 0.571. The number of hydrogen-bond acceptors (Lipinski definition) is 2. The molecule has 1 aromatic carbocycles. The molecule has 1 saturated carbocycles. The highest BCUT2D eigenvalue weighted by Crippen LogP contribution is 2.33. The van der Waals surface area contributed by atoms with Crippen molar-refractivity contribution in [2.24, 2.45) is 5.92 Å². The van der Waals surface area contributed by atoms with Crippen molar-refractivity contribution in [2.45, 2.75) is 39.2 Å². The van der Waals surface area contributed by atoms with Crippen LogP contribution in [0.3, 0.4) is 0 Å². The molecule has 0 aliphatic heterocycles. The van der Waals surface area contributed by atoms with E-state index in [4.69, 9.17) is 4.74 Å². The molecule has 2 nitrogen and oxygen atoms in total. The lowest BCUT2D eigenvalue weighted by molar-refractivity contribution is 0.190. The molecule has 1 N–H and O–H groups in total. The normalized spacial score (nSPS) is 17.2. The molecular formula is C14H20O2. The molecule has 0 saturated heterocycles. The van der Waals surface area contributed by atoms with E-state index >= 15 is 0 Å². The summed E-state index contributed by atoms with van der Waals surface area (Å²) in [4.78, 5) is 0. The van der Waals surface area contributed by atoms with E-state index in [9.17, 15) is 5.11 Å². The molecule has 1 fully saturated rings. The summed E-state index contributed by atoms with van der Waals surface area (Å²) in [7, 11) is 0. The van der Waals surface area contributed by atoms with Gasteiger partial charge in [0.1, 0.15) is 5.75 Å². The van der Waals surface area contributed by atoms with Crippen LogP contribution in [0.5, 0.6) is 5.75 Å². The number of hydrogen-bond donors (Lipinski definition) is 1. The van der Waals surface area contributed by atoms with E-state index in [0.29, 0.717) is 0 Å². The molecule has 1 aromatic rings. The topological polar surface area (TPSA) is 29.5 Å². The summed E-state index contributed by atoms with van der Waals surface area (Å²) in [5, 5.41) is 9.67.